The molecule has 0 atom stereocenters. The van der Waals surface area contributed by atoms with Gasteiger partial charge in [-0.05, 0) is 0 Å². The van der Waals surface area contributed by atoms with Crippen molar-refractivity contribution in [2.45, 2.75) is 11.0 Å². The molecule has 0 amide bonds. The SMILES string of the molecule is NS(=O)(=O)C(F)(F)F.NS(=O)(=O)C(F)(F)F.[I-].[I-].[Li+].[Li+]. The third-order valence-electron chi connectivity index (χ3n) is 0.645. The van der Waals surface area contributed by atoms with E-state index in [0.717, 1.165) is 0 Å². The molecule has 0 bridgehead atoms. The standard InChI is InChI=1S/2CH2F3NO2S.2HI.2Li/c2*2-1(3,4)8(5,6)7;;;;/h2*(H2,5,6,7);2*1H;;/q;;;;2*+1/p-2. The van der Waals surface area contributed by atoms with E-state index >= 15 is 0 Å². The first kappa shape index (κ1) is 37.9. The molecule has 0 saturated heterocycles. The van der Waals surface area contributed by atoms with E-state index in [1.165, 1.54) is 0 Å². The van der Waals surface area contributed by atoms with Gasteiger partial charge < -0.3 is 48.0 Å². The van der Waals surface area contributed by atoms with Crippen molar-refractivity contribution in [3.63, 3.8) is 0 Å². The Hall–Kier alpha value is 2.05. The molecule has 6 nitrogen and oxygen atoms in total. The molecule has 0 aliphatic rings. The topological polar surface area (TPSA) is 120 Å². The van der Waals surface area contributed by atoms with Crippen molar-refractivity contribution in [1.82, 2.24) is 0 Å². The first-order chi connectivity index (χ1) is 6.50. The second-order valence-corrected chi connectivity index (χ2v) is 5.09. The molecule has 0 aromatic carbocycles. The molecule has 4 N–H and O–H groups in total. The minimum Gasteiger partial charge on any atom is -1.00 e. The van der Waals surface area contributed by atoms with Crippen molar-refractivity contribution in [3.8, 4) is 0 Å². The van der Waals surface area contributed by atoms with Gasteiger partial charge in [0.25, 0.3) is 0 Å². The smallest absolute Gasteiger partial charge is 1.00 e. The quantitative estimate of drug-likeness (QED) is 0.172. The third kappa shape index (κ3) is 18.1. The van der Waals surface area contributed by atoms with Crippen LogP contribution in [-0.2, 0) is 20.0 Å². The van der Waals surface area contributed by atoms with Crippen LogP contribution in [0.3, 0.4) is 0 Å². The van der Waals surface area contributed by atoms with Crippen LogP contribution in [0, 0.1) is 0 Å². The molecule has 0 spiro atoms. The van der Waals surface area contributed by atoms with Gasteiger partial charge in [-0.1, -0.05) is 0 Å². The number of rotatable bonds is 0. The fraction of sp³-hybridized carbons (Fsp3) is 1.00. The molecular formula is C2H4F6I2Li2N2O4S2. The number of nitrogens with two attached hydrogens (primary N) is 2. The summed E-state index contributed by atoms with van der Waals surface area (Å²) in [4.78, 5) is 0. The maximum Gasteiger partial charge on any atom is 1.00 e. The normalized spacial score (nSPS) is 11.2. The molecule has 0 saturated carbocycles. The van der Waals surface area contributed by atoms with Crippen molar-refractivity contribution in [2.24, 2.45) is 10.3 Å². The molecule has 18 heteroatoms. The van der Waals surface area contributed by atoms with E-state index in [9.17, 15) is 43.2 Å². The van der Waals surface area contributed by atoms with Gasteiger partial charge in [0.1, 0.15) is 0 Å². The fourth-order valence-corrected chi connectivity index (χ4v) is 0. The third-order valence-corrected chi connectivity index (χ3v) is 1.94. The van der Waals surface area contributed by atoms with Crippen molar-refractivity contribution in [2.75, 3.05) is 0 Å². The summed E-state index contributed by atoms with van der Waals surface area (Å²) in [5.74, 6) is 0. The second-order valence-electron chi connectivity index (χ2n) is 1.98. The zero-order valence-corrected chi connectivity index (χ0v) is 15.6. The molecule has 116 valence electrons. The van der Waals surface area contributed by atoms with Gasteiger partial charge in [-0.25, -0.2) is 27.1 Å². The fourth-order valence-electron chi connectivity index (χ4n) is 0. The maximum absolute atomic E-state index is 10.8. The van der Waals surface area contributed by atoms with Crippen molar-refractivity contribution in [1.29, 1.82) is 0 Å². The van der Waals surface area contributed by atoms with E-state index in [4.69, 9.17) is 0 Å². The van der Waals surface area contributed by atoms with E-state index in [-0.39, 0.29) is 85.7 Å². The second kappa shape index (κ2) is 12.5. The first-order valence-electron chi connectivity index (χ1n) is 2.68. The Morgan fingerprint density at radius 3 is 0.650 bits per heavy atom. The summed E-state index contributed by atoms with van der Waals surface area (Å²) >= 11 is 0. The molecule has 0 radical (unpaired) electrons. The van der Waals surface area contributed by atoms with Gasteiger partial charge in [-0.3, -0.25) is 0 Å². The van der Waals surface area contributed by atoms with Gasteiger partial charge in [-0.15, -0.1) is 0 Å². The summed E-state index contributed by atoms with van der Waals surface area (Å²) in [6.07, 6.45) is 0. The summed E-state index contributed by atoms with van der Waals surface area (Å²) in [6, 6.07) is 0. The van der Waals surface area contributed by atoms with Gasteiger partial charge in [0.15, 0.2) is 0 Å². The van der Waals surface area contributed by atoms with Crippen molar-refractivity contribution < 1.29 is 129 Å². The van der Waals surface area contributed by atoms with Crippen LogP contribution in [-0.4, -0.2) is 27.9 Å². The van der Waals surface area contributed by atoms with E-state index in [1.54, 1.807) is 0 Å². The Labute approximate surface area is 168 Å². The van der Waals surface area contributed by atoms with Crippen molar-refractivity contribution >= 4 is 20.0 Å². The molecule has 0 aromatic heterocycles. The van der Waals surface area contributed by atoms with Gasteiger partial charge in [0, 0.05) is 0 Å². The molecule has 0 aliphatic heterocycles. The Morgan fingerprint density at radius 1 is 0.600 bits per heavy atom. The molecule has 20 heavy (non-hydrogen) atoms. The molecule has 0 rings (SSSR count). The Balaban J connectivity index is -0.0000000408. The zero-order chi connectivity index (χ0) is 14.0. The van der Waals surface area contributed by atoms with E-state index in [2.05, 4.69) is 10.3 Å². The molecule has 0 unspecified atom stereocenters. The van der Waals surface area contributed by atoms with Crippen molar-refractivity contribution in [3.05, 3.63) is 0 Å². The van der Waals surface area contributed by atoms with Crippen LogP contribution >= 0.6 is 0 Å². The molecule has 0 heterocycles. The van der Waals surface area contributed by atoms with Crippen LogP contribution in [0.15, 0.2) is 0 Å². The van der Waals surface area contributed by atoms with Gasteiger partial charge in [0.05, 0.1) is 0 Å². The Morgan fingerprint density at radius 2 is 0.650 bits per heavy atom. The monoisotopic (exact) mass is 566 g/mol. The summed E-state index contributed by atoms with van der Waals surface area (Å²) in [5, 5.41) is 7.32. The predicted molar refractivity (Wildman–Crippen MR) is 38.3 cm³/mol. The van der Waals surface area contributed by atoms with E-state index in [0.29, 0.717) is 0 Å². The predicted octanol–water partition coefficient (Wildman–Crippen LogP) is -12.4. The van der Waals surface area contributed by atoms with Crippen LogP contribution in [0.1, 0.15) is 0 Å². The Bertz CT molecular complexity index is 393. The number of sulfonamides is 2. The van der Waals surface area contributed by atoms with Crippen LogP contribution in [0.5, 0.6) is 0 Å². The summed E-state index contributed by atoms with van der Waals surface area (Å²) in [7, 11) is -10.7. The minimum absolute atomic E-state index is 0. The largest absolute Gasteiger partial charge is 1.00 e. The molecular weight excluding hydrogens is 562 g/mol. The number of halogens is 8. The first-order valence-corrected chi connectivity index (χ1v) is 5.77. The van der Waals surface area contributed by atoms with Crippen LogP contribution < -0.4 is 96.0 Å². The van der Waals surface area contributed by atoms with Gasteiger partial charge >= 0.3 is 68.8 Å². The summed E-state index contributed by atoms with van der Waals surface area (Å²) in [6.45, 7) is 0. The molecule has 0 aromatic rings. The average molecular weight is 566 g/mol. The van der Waals surface area contributed by atoms with Crippen LogP contribution in [0.2, 0.25) is 0 Å². The van der Waals surface area contributed by atoms with Gasteiger partial charge in [0.2, 0.25) is 0 Å². The summed E-state index contributed by atoms with van der Waals surface area (Å²) in [5.41, 5.74) is -10.6. The van der Waals surface area contributed by atoms with Crippen LogP contribution in [0.4, 0.5) is 26.3 Å². The van der Waals surface area contributed by atoms with E-state index in [1.807, 2.05) is 0 Å². The van der Waals surface area contributed by atoms with Gasteiger partial charge in [-0.2, -0.15) is 26.3 Å². The van der Waals surface area contributed by atoms with E-state index < -0.39 is 31.1 Å². The maximum atomic E-state index is 10.8. The zero-order valence-electron chi connectivity index (χ0n) is 9.63. The minimum atomic E-state index is -5.34. The molecule has 0 aliphatic carbocycles. The summed E-state index contributed by atoms with van der Waals surface area (Å²) < 4.78 is 102. The Kier molecular flexibility index (Phi) is 23.7. The molecule has 0 fully saturated rings. The number of hydrogen-bond acceptors (Lipinski definition) is 4. The number of alkyl halides is 6. The van der Waals surface area contributed by atoms with Crippen LogP contribution in [0.25, 0.3) is 0 Å². The number of primary sulfonamides is 2. The number of hydrogen-bond donors (Lipinski definition) is 2. The average Bonchev–Trinajstić information content (AvgIpc) is 1.77.